The predicted octanol–water partition coefficient (Wildman–Crippen LogP) is 3.61. The lowest BCUT2D eigenvalue weighted by molar-refractivity contribution is -0.122. The lowest BCUT2D eigenvalue weighted by Gasteiger charge is -2.20. The second-order valence-electron chi connectivity index (χ2n) is 14.6. The van der Waals surface area contributed by atoms with E-state index >= 15 is 0 Å². The van der Waals surface area contributed by atoms with Crippen LogP contribution < -0.4 is 27.0 Å². The standard InChI is InChI=1S/C21H27N5O5S.C16H22N4O3S/c1-12-20(13(2)31-25-12)14-4-5-16(22-15-8-9-26(11-15)32(3,29)30)18(10-14)24-21(28)17-6-7-19(27)23-17;1-10-16(11(2)23-19-10)12-4-5-15(14(17)8-12)18-13-6-7-20(9-13)24(3,21)22/h4-5,10,15,17,22H,6-9,11H2,1-3H3,(H,23,27)(H,24,28);4-5,8,13,18H,6-7,9,17H2,1-3H3/t15-,17-;13-/m11/s1. The van der Waals surface area contributed by atoms with Crippen LogP contribution in [0.15, 0.2) is 45.4 Å². The highest BCUT2D eigenvalue weighted by Crippen LogP contribution is 2.35. The number of amides is 2. The minimum absolute atomic E-state index is 0.0620. The third-order valence-corrected chi connectivity index (χ3v) is 12.8. The largest absolute Gasteiger partial charge is 0.397 e. The number of nitrogens with two attached hydrogens (primary N) is 1. The summed E-state index contributed by atoms with van der Waals surface area (Å²) in [6.45, 7) is 9.24. The zero-order valence-corrected chi connectivity index (χ0v) is 33.9. The highest BCUT2D eigenvalue weighted by Gasteiger charge is 2.31. The van der Waals surface area contributed by atoms with Gasteiger partial charge in [-0.15, -0.1) is 0 Å². The molecule has 56 heavy (non-hydrogen) atoms. The van der Waals surface area contributed by atoms with Crippen molar-refractivity contribution in [2.45, 2.75) is 71.5 Å². The topological polar surface area (TPSA) is 235 Å². The molecule has 5 heterocycles. The van der Waals surface area contributed by atoms with E-state index < -0.39 is 26.1 Å². The summed E-state index contributed by atoms with van der Waals surface area (Å²) >= 11 is 0. The van der Waals surface area contributed by atoms with Gasteiger partial charge in [-0.2, -0.15) is 0 Å². The quantitative estimate of drug-likeness (QED) is 0.144. The lowest BCUT2D eigenvalue weighted by Crippen LogP contribution is -2.37. The zero-order valence-electron chi connectivity index (χ0n) is 32.3. The maximum absolute atomic E-state index is 12.8. The zero-order chi connectivity index (χ0) is 40.5. The monoisotopic (exact) mass is 811 g/mol. The predicted molar refractivity (Wildman–Crippen MR) is 214 cm³/mol. The molecule has 0 saturated carbocycles. The summed E-state index contributed by atoms with van der Waals surface area (Å²) in [6.07, 6.45) is 4.63. The SMILES string of the molecule is Cc1noc(C)c1-c1ccc(N[C@@H]2CCN(S(C)(=O)=O)C2)c(N)c1.Cc1noc(C)c1-c1ccc(N[C@@H]2CCN(S(C)(=O)=O)C2)c(NC(=O)[C@H]2CCC(=O)N2)c1. The van der Waals surface area contributed by atoms with E-state index in [1.165, 1.54) is 21.1 Å². The number of anilines is 4. The molecule has 4 aromatic rings. The van der Waals surface area contributed by atoms with Crippen LogP contribution in [0.5, 0.6) is 0 Å². The van der Waals surface area contributed by atoms with Crippen LogP contribution in [0.25, 0.3) is 22.3 Å². The first-order valence-electron chi connectivity index (χ1n) is 18.3. The molecule has 0 aliphatic carbocycles. The Bertz CT molecular complexity index is 2300. The van der Waals surface area contributed by atoms with Crippen molar-refractivity contribution in [1.82, 2.24) is 24.2 Å². The molecule has 6 N–H and O–H groups in total. The number of hydrogen-bond donors (Lipinski definition) is 5. The number of rotatable bonds is 10. The van der Waals surface area contributed by atoms with Gasteiger partial charge in [0.15, 0.2) is 0 Å². The molecule has 3 fully saturated rings. The van der Waals surface area contributed by atoms with E-state index in [4.69, 9.17) is 14.8 Å². The Balaban J connectivity index is 0.000000198. The summed E-state index contributed by atoms with van der Waals surface area (Å²) in [5.41, 5.74) is 14.0. The minimum Gasteiger partial charge on any atom is -0.397 e. The molecule has 19 heteroatoms. The molecule has 0 bridgehead atoms. The molecule has 3 aliphatic heterocycles. The fraction of sp³-hybridized carbons (Fsp3) is 0.459. The van der Waals surface area contributed by atoms with Gasteiger partial charge in [0.25, 0.3) is 0 Å². The van der Waals surface area contributed by atoms with Crippen molar-refractivity contribution >= 4 is 54.6 Å². The lowest BCUT2D eigenvalue weighted by atomic mass is 10.0. The number of nitrogen functional groups attached to an aromatic ring is 1. The number of sulfonamides is 2. The first-order valence-corrected chi connectivity index (χ1v) is 22.0. The van der Waals surface area contributed by atoms with Gasteiger partial charge in [-0.25, -0.2) is 25.4 Å². The first kappa shape index (κ1) is 40.7. The average molecular weight is 812 g/mol. The Kier molecular flexibility index (Phi) is 11.8. The van der Waals surface area contributed by atoms with Crippen molar-refractivity contribution in [1.29, 1.82) is 0 Å². The Hall–Kier alpha value is -4.98. The van der Waals surface area contributed by atoms with Crippen molar-refractivity contribution in [3.63, 3.8) is 0 Å². The van der Waals surface area contributed by atoms with Crippen molar-refractivity contribution in [3.8, 4) is 22.3 Å². The van der Waals surface area contributed by atoms with E-state index in [0.29, 0.717) is 68.3 Å². The van der Waals surface area contributed by atoms with Crippen LogP contribution in [0, 0.1) is 27.7 Å². The summed E-state index contributed by atoms with van der Waals surface area (Å²) in [5.74, 6) is 0.995. The molecule has 3 atom stereocenters. The van der Waals surface area contributed by atoms with Crippen LogP contribution in [-0.2, 0) is 29.6 Å². The number of hydrogen-bond acceptors (Lipinski definition) is 13. The third-order valence-electron chi connectivity index (χ3n) is 10.2. The van der Waals surface area contributed by atoms with E-state index in [-0.39, 0.29) is 23.9 Å². The molecule has 3 aliphatic rings. The molecule has 302 valence electrons. The van der Waals surface area contributed by atoms with Crippen LogP contribution in [-0.4, -0.2) is 104 Å². The number of benzene rings is 2. The van der Waals surface area contributed by atoms with E-state index in [1.807, 2.05) is 64.1 Å². The van der Waals surface area contributed by atoms with Gasteiger partial charge in [0, 0.05) is 55.8 Å². The molecule has 0 radical (unpaired) electrons. The molecular formula is C37H49N9O8S2. The van der Waals surface area contributed by atoms with Crippen molar-refractivity contribution in [2.75, 3.05) is 60.4 Å². The summed E-state index contributed by atoms with van der Waals surface area (Å²) in [4.78, 5) is 24.3. The molecule has 2 aromatic carbocycles. The van der Waals surface area contributed by atoms with Gasteiger partial charge in [-0.1, -0.05) is 22.4 Å². The second-order valence-corrected chi connectivity index (χ2v) is 18.6. The van der Waals surface area contributed by atoms with E-state index in [1.54, 1.807) is 0 Å². The number of carbonyl (C=O) groups excluding carboxylic acids is 2. The molecule has 3 saturated heterocycles. The second kappa shape index (κ2) is 16.2. The minimum atomic E-state index is -3.25. The Morgan fingerprint density at radius 3 is 1.70 bits per heavy atom. The molecule has 2 amide bonds. The van der Waals surface area contributed by atoms with Crippen LogP contribution in [0.2, 0.25) is 0 Å². The van der Waals surface area contributed by atoms with Gasteiger partial charge in [-0.3, -0.25) is 9.59 Å². The third kappa shape index (κ3) is 9.34. The van der Waals surface area contributed by atoms with Gasteiger partial charge >= 0.3 is 0 Å². The van der Waals surface area contributed by atoms with Crippen molar-refractivity contribution in [3.05, 3.63) is 59.3 Å². The average Bonchev–Trinajstić information content (AvgIpc) is 3.97. The summed E-state index contributed by atoms with van der Waals surface area (Å²) in [6, 6.07) is 10.8. The highest BCUT2D eigenvalue weighted by molar-refractivity contribution is 7.88. The molecular weight excluding hydrogens is 763 g/mol. The van der Waals surface area contributed by atoms with Crippen molar-refractivity contribution in [2.24, 2.45) is 0 Å². The van der Waals surface area contributed by atoms with Gasteiger partial charge < -0.3 is 36.0 Å². The first-order chi connectivity index (χ1) is 26.4. The molecule has 17 nitrogen and oxygen atoms in total. The Labute approximate surface area is 326 Å². The van der Waals surface area contributed by atoms with Gasteiger partial charge in [-0.05, 0) is 82.3 Å². The van der Waals surface area contributed by atoms with Crippen LogP contribution >= 0.6 is 0 Å². The van der Waals surface area contributed by atoms with Crippen LogP contribution in [0.3, 0.4) is 0 Å². The maximum Gasteiger partial charge on any atom is 0.247 e. The number of nitrogens with one attached hydrogen (secondary N) is 4. The summed E-state index contributed by atoms with van der Waals surface area (Å²) < 4.78 is 60.3. The molecule has 2 aromatic heterocycles. The molecule has 0 spiro atoms. The number of aryl methyl sites for hydroxylation is 4. The van der Waals surface area contributed by atoms with Gasteiger partial charge in [0.05, 0.1) is 46.6 Å². The smallest absolute Gasteiger partial charge is 0.247 e. The number of aromatic nitrogens is 2. The fourth-order valence-corrected chi connectivity index (χ4v) is 9.11. The van der Waals surface area contributed by atoms with Gasteiger partial charge in [0.1, 0.15) is 17.6 Å². The fourth-order valence-electron chi connectivity index (χ4n) is 7.33. The van der Waals surface area contributed by atoms with E-state index in [0.717, 1.165) is 51.5 Å². The number of carbonyl (C=O) groups is 2. The maximum atomic E-state index is 12.8. The normalized spacial score (nSPS) is 20.4. The van der Waals surface area contributed by atoms with Crippen molar-refractivity contribution < 1.29 is 35.5 Å². The van der Waals surface area contributed by atoms with Gasteiger partial charge in [0.2, 0.25) is 31.9 Å². The van der Waals surface area contributed by atoms with Crippen LogP contribution in [0.4, 0.5) is 22.7 Å². The molecule has 0 unspecified atom stereocenters. The van der Waals surface area contributed by atoms with E-state index in [2.05, 4.69) is 31.6 Å². The Morgan fingerprint density at radius 1 is 0.768 bits per heavy atom. The van der Waals surface area contributed by atoms with E-state index in [9.17, 15) is 26.4 Å². The molecule has 7 rings (SSSR count). The number of nitrogens with zero attached hydrogens (tertiary/aromatic N) is 4. The summed E-state index contributed by atoms with van der Waals surface area (Å²) in [5, 5.41) is 20.3. The van der Waals surface area contributed by atoms with Crippen LogP contribution in [0.1, 0.15) is 48.6 Å². The highest BCUT2D eigenvalue weighted by atomic mass is 32.2. The Morgan fingerprint density at radius 2 is 1.27 bits per heavy atom. The summed E-state index contributed by atoms with van der Waals surface area (Å²) in [7, 11) is -6.39.